The number of nitrogens with zero attached hydrogens (tertiary/aromatic N) is 6. The van der Waals surface area contributed by atoms with E-state index in [1.165, 1.54) is 0 Å². The lowest BCUT2D eigenvalue weighted by molar-refractivity contribution is 1.04. The molecule has 0 bridgehead atoms. The molecular weight excluding hydrogens is 957 g/mol. The Morgan fingerprint density at radius 1 is 0.351 bits per heavy atom. The summed E-state index contributed by atoms with van der Waals surface area (Å²) in [5.41, 5.74) is 18.9. The van der Waals surface area contributed by atoms with Crippen molar-refractivity contribution in [1.29, 1.82) is 5.26 Å². The van der Waals surface area contributed by atoms with Crippen LogP contribution in [0.25, 0.3) is 141 Å². The number of para-hydroxylation sites is 4. The molecule has 0 unspecified atom stereocenters. The highest BCUT2D eigenvalue weighted by molar-refractivity contribution is 7.26. The Kier molecular flexibility index (Phi) is 9.14. The molecular formula is C70H46N6S. The molecule has 0 aliphatic rings. The van der Waals surface area contributed by atoms with Crippen molar-refractivity contribution in [2.24, 2.45) is 0 Å². The average Bonchev–Trinajstić information content (AvgIpc) is 4.37. The van der Waals surface area contributed by atoms with E-state index in [1.54, 1.807) is 11.3 Å². The molecule has 6 heterocycles. The van der Waals surface area contributed by atoms with Crippen LogP contribution < -0.4 is 0 Å². The van der Waals surface area contributed by atoms with Crippen LogP contribution in [0, 0.1) is 39.0 Å². The maximum absolute atomic E-state index is 13.0. The van der Waals surface area contributed by atoms with E-state index in [2.05, 4.69) is 246 Å². The van der Waals surface area contributed by atoms with E-state index in [4.69, 9.17) is 4.98 Å². The molecule has 0 atom stereocenters. The van der Waals surface area contributed by atoms with E-state index < -0.39 is 0 Å². The van der Waals surface area contributed by atoms with E-state index in [0.29, 0.717) is 5.56 Å². The lowest BCUT2D eigenvalue weighted by Gasteiger charge is -2.29. The summed E-state index contributed by atoms with van der Waals surface area (Å²) in [6.45, 7) is 8.71. The van der Waals surface area contributed by atoms with Crippen LogP contribution in [-0.4, -0.2) is 23.3 Å². The molecule has 0 radical (unpaired) electrons. The lowest BCUT2D eigenvalue weighted by atomic mass is 9.92. The summed E-state index contributed by atoms with van der Waals surface area (Å²) in [4.78, 5) is 6.01. The van der Waals surface area contributed by atoms with E-state index in [9.17, 15) is 5.26 Å². The molecule has 6 aromatic heterocycles. The van der Waals surface area contributed by atoms with Gasteiger partial charge in [-0.15, -0.1) is 11.3 Å². The number of rotatable bonds is 5. The van der Waals surface area contributed by atoms with Gasteiger partial charge in [0.05, 0.1) is 66.9 Å². The summed E-state index contributed by atoms with van der Waals surface area (Å²) in [6.07, 6.45) is 1.90. The van der Waals surface area contributed by atoms with Crippen LogP contribution >= 0.6 is 11.3 Å². The summed E-state index contributed by atoms with van der Waals surface area (Å²) in [5.74, 6) is 0. The molecule has 10 aromatic carbocycles. The van der Waals surface area contributed by atoms with E-state index in [1.807, 2.05) is 12.3 Å². The van der Waals surface area contributed by atoms with Gasteiger partial charge >= 0.3 is 0 Å². The Morgan fingerprint density at radius 2 is 0.701 bits per heavy atom. The van der Waals surface area contributed by atoms with Crippen molar-refractivity contribution in [3.8, 4) is 39.9 Å². The zero-order valence-electron chi connectivity index (χ0n) is 42.7. The normalized spacial score (nSPS) is 12.1. The van der Waals surface area contributed by atoms with Crippen LogP contribution in [0.1, 0.15) is 27.8 Å². The fourth-order valence-electron chi connectivity index (χ4n) is 13.0. The van der Waals surface area contributed by atoms with Gasteiger partial charge in [0.25, 0.3) is 0 Å². The summed E-state index contributed by atoms with van der Waals surface area (Å²) < 4.78 is 11.0. The number of pyridine rings is 1. The van der Waals surface area contributed by atoms with E-state index in [0.717, 1.165) is 164 Å². The second-order valence-electron chi connectivity index (χ2n) is 20.9. The molecule has 7 heteroatoms. The van der Waals surface area contributed by atoms with Crippen LogP contribution in [0.4, 0.5) is 0 Å². The molecule has 6 nitrogen and oxygen atoms in total. The molecule has 0 spiro atoms. The summed E-state index contributed by atoms with van der Waals surface area (Å²) in [6, 6.07) is 76.5. The van der Waals surface area contributed by atoms with Gasteiger partial charge in [-0.25, -0.2) is 4.98 Å². The Hall–Kier alpha value is -9.74. The second kappa shape index (κ2) is 16.1. The largest absolute Gasteiger partial charge is 0.306 e. The van der Waals surface area contributed by atoms with Crippen LogP contribution in [0.3, 0.4) is 0 Å². The van der Waals surface area contributed by atoms with E-state index >= 15 is 0 Å². The van der Waals surface area contributed by atoms with Gasteiger partial charge in [0.15, 0.2) is 0 Å². The van der Waals surface area contributed by atoms with Crippen molar-refractivity contribution in [3.05, 3.63) is 234 Å². The smallest absolute Gasteiger partial charge is 0.124 e. The lowest BCUT2D eigenvalue weighted by Crippen LogP contribution is -2.16. The Labute approximate surface area is 446 Å². The molecule has 0 amide bonds. The highest BCUT2D eigenvalue weighted by Gasteiger charge is 2.36. The Balaban J connectivity index is 1.30. The number of benzene rings is 10. The maximum Gasteiger partial charge on any atom is 0.124 e. The monoisotopic (exact) mass is 1000 g/mol. The van der Waals surface area contributed by atoms with Gasteiger partial charge < -0.3 is 18.3 Å². The Morgan fingerprint density at radius 3 is 1.10 bits per heavy atom. The van der Waals surface area contributed by atoms with Gasteiger partial charge in [-0.1, -0.05) is 140 Å². The van der Waals surface area contributed by atoms with E-state index in [-0.39, 0.29) is 0 Å². The molecule has 16 aromatic rings. The van der Waals surface area contributed by atoms with Gasteiger partial charge in [0.1, 0.15) is 16.5 Å². The standard InChI is InChI=1S/C70H46N6S/c1-40-26-30-48-44-15-5-9-22-56(44)73(60(48)35-40)65-55(39-71)66(74-57-23-10-6-16-45(57)49-31-27-41(2)36-61(49)74)68(76-59-25-12-8-18-47(59)51-33-29-43(4)38-63(51)76)64(54-20-13-19-52-53-21-14-34-72-70(53)77-69(52)54)67(65)75-58-24-11-7-17-46(58)50-32-28-42(3)37-62(50)75/h5-38H,1-4H3. The van der Waals surface area contributed by atoms with Crippen LogP contribution in [-0.2, 0) is 0 Å². The average molecular weight is 1000 g/mol. The number of thiophene rings is 1. The molecule has 0 N–H and O–H groups in total. The predicted molar refractivity (Wildman–Crippen MR) is 324 cm³/mol. The van der Waals surface area contributed by atoms with Crippen molar-refractivity contribution in [2.75, 3.05) is 0 Å². The molecule has 0 saturated carbocycles. The summed E-state index contributed by atoms with van der Waals surface area (Å²) in [5, 5.41) is 24.3. The summed E-state index contributed by atoms with van der Waals surface area (Å²) in [7, 11) is 0. The molecule has 16 rings (SSSR count). The third-order valence-electron chi connectivity index (χ3n) is 16.3. The van der Waals surface area contributed by atoms with Crippen LogP contribution in [0.15, 0.2) is 206 Å². The van der Waals surface area contributed by atoms with Crippen molar-refractivity contribution in [2.45, 2.75) is 27.7 Å². The van der Waals surface area contributed by atoms with Crippen molar-refractivity contribution in [1.82, 2.24) is 23.3 Å². The summed E-state index contributed by atoms with van der Waals surface area (Å²) >= 11 is 1.74. The number of fused-ring (bicyclic) bond motifs is 15. The van der Waals surface area contributed by atoms with Gasteiger partial charge in [-0.2, -0.15) is 5.26 Å². The number of aryl methyl sites for hydroxylation is 4. The first kappa shape index (κ1) is 43.6. The van der Waals surface area contributed by atoms with Crippen LogP contribution in [0.5, 0.6) is 0 Å². The zero-order valence-corrected chi connectivity index (χ0v) is 43.5. The highest BCUT2D eigenvalue weighted by Crippen LogP contribution is 2.54. The van der Waals surface area contributed by atoms with Crippen molar-refractivity contribution >= 4 is 119 Å². The van der Waals surface area contributed by atoms with Crippen LogP contribution in [0.2, 0.25) is 0 Å². The third kappa shape index (κ3) is 6.02. The molecule has 0 aliphatic carbocycles. The van der Waals surface area contributed by atoms with Gasteiger partial charge in [-0.3, -0.25) is 0 Å². The SMILES string of the molecule is Cc1ccc2c3ccccc3n(-c3c(C#N)c(-n4c5ccccc5c5ccc(C)cc54)c(-n4c5ccccc5c5ccc(C)cc54)c(-c4cccc5c4sc4ncccc45)c3-n3c4ccccc4c4ccc(C)cc43)c2c1. The molecule has 0 saturated heterocycles. The van der Waals surface area contributed by atoms with Crippen molar-refractivity contribution in [3.63, 3.8) is 0 Å². The topological polar surface area (TPSA) is 56.4 Å². The first-order valence-electron chi connectivity index (χ1n) is 26.3. The number of hydrogen-bond acceptors (Lipinski definition) is 3. The molecule has 0 fully saturated rings. The second-order valence-corrected chi connectivity index (χ2v) is 21.9. The highest BCUT2D eigenvalue weighted by atomic mass is 32.1. The molecule has 362 valence electrons. The van der Waals surface area contributed by atoms with Crippen molar-refractivity contribution < 1.29 is 0 Å². The quantitative estimate of drug-likeness (QED) is 0.172. The number of hydrogen-bond donors (Lipinski definition) is 0. The van der Waals surface area contributed by atoms with Gasteiger partial charge in [0, 0.05) is 75.9 Å². The first-order chi connectivity index (χ1) is 37.8. The van der Waals surface area contributed by atoms with Gasteiger partial charge in [0.2, 0.25) is 0 Å². The minimum Gasteiger partial charge on any atom is -0.306 e. The maximum atomic E-state index is 13.0. The number of nitriles is 1. The van der Waals surface area contributed by atoms with Gasteiger partial charge in [-0.05, 0) is 111 Å². The molecule has 77 heavy (non-hydrogen) atoms. The first-order valence-corrected chi connectivity index (χ1v) is 27.1. The molecule has 0 aliphatic heterocycles. The zero-order chi connectivity index (χ0) is 51.4. The predicted octanol–water partition coefficient (Wildman–Crippen LogP) is 18.6. The Bertz CT molecular complexity index is 5030. The fraction of sp³-hybridized carbons (Fsp3) is 0.0571. The third-order valence-corrected chi connectivity index (χ3v) is 17.4. The fourth-order valence-corrected chi connectivity index (χ4v) is 14.2. The number of aromatic nitrogens is 5. The minimum absolute atomic E-state index is 0.550. The minimum atomic E-state index is 0.550.